The highest BCUT2D eigenvalue weighted by atomic mass is 15.2. The molecule has 0 saturated heterocycles. The molecule has 2 heterocycles. The number of nitrogens with zero attached hydrogens (tertiary/aromatic N) is 4. The van der Waals surface area contributed by atoms with Gasteiger partial charge in [-0.3, -0.25) is 4.40 Å². The number of rotatable bonds is 3. The maximum absolute atomic E-state index is 4.33. The van der Waals surface area contributed by atoms with Crippen LogP contribution in [0.3, 0.4) is 0 Å². The normalized spacial score (nSPS) is 17.4. The Kier molecular flexibility index (Phi) is 2.90. The van der Waals surface area contributed by atoms with Crippen molar-refractivity contribution in [3.8, 4) is 0 Å². The minimum Gasteiger partial charge on any atom is -0.367 e. The number of hydrogen-bond acceptors (Lipinski definition) is 4. The summed E-state index contributed by atoms with van der Waals surface area (Å²) < 4.78 is 1.89. The molecule has 0 atom stereocenters. The number of nitrogens with one attached hydrogen (secondary N) is 1. The summed E-state index contributed by atoms with van der Waals surface area (Å²) >= 11 is 0. The molecule has 2 aromatic heterocycles. The second-order valence-electron chi connectivity index (χ2n) is 4.72. The molecule has 0 aliphatic heterocycles. The van der Waals surface area contributed by atoms with Crippen molar-refractivity contribution in [2.75, 3.05) is 11.9 Å². The molecule has 0 unspecified atom stereocenters. The van der Waals surface area contributed by atoms with Crippen LogP contribution in [0.2, 0.25) is 0 Å². The van der Waals surface area contributed by atoms with Gasteiger partial charge in [0, 0.05) is 18.9 Å². The molecule has 1 fully saturated rings. The van der Waals surface area contributed by atoms with E-state index in [4.69, 9.17) is 0 Å². The highest BCUT2D eigenvalue weighted by Gasteiger charge is 2.14. The summed E-state index contributed by atoms with van der Waals surface area (Å²) in [5.41, 5.74) is 0.809. The summed E-state index contributed by atoms with van der Waals surface area (Å²) in [7, 11) is 0. The Hall–Kier alpha value is -1.65. The fourth-order valence-electron chi connectivity index (χ4n) is 2.52. The van der Waals surface area contributed by atoms with Crippen LogP contribution in [0.15, 0.2) is 18.7 Å². The Labute approximate surface area is 100 Å². The van der Waals surface area contributed by atoms with Crippen molar-refractivity contribution >= 4 is 11.5 Å². The number of hydrogen-bond donors (Lipinski definition) is 1. The fraction of sp³-hybridized carbons (Fsp3) is 0.583. The van der Waals surface area contributed by atoms with Gasteiger partial charge in [0.15, 0.2) is 5.82 Å². The van der Waals surface area contributed by atoms with Crippen molar-refractivity contribution in [2.45, 2.75) is 32.1 Å². The van der Waals surface area contributed by atoms with E-state index in [1.165, 1.54) is 32.1 Å². The monoisotopic (exact) mass is 231 g/mol. The first-order valence-corrected chi connectivity index (χ1v) is 6.32. The topological polar surface area (TPSA) is 55.1 Å². The van der Waals surface area contributed by atoms with Gasteiger partial charge < -0.3 is 5.32 Å². The highest BCUT2D eigenvalue weighted by Crippen LogP contribution is 2.24. The largest absolute Gasteiger partial charge is 0.367 e. The van der Waals surface area contributed by atoms with Crippen molar-refractivity contribution in [3.05, 3.63) is 18.7 Å². The smallest absolute Gasteiger partial charge is 0.203 e. The summed E-state index contributed by atoms with van der Waals surface area (Å²) in [5, 5.41) is 11.4. The second-order valence-corrected chi connectivity index (χ2v) is 4.72. The van der Waals surface area contributed by atoms with E-state index in [-0.39, 0.29) is 0 Å². The van der Waals surface area contributed by atoms with Gasteiger partial charge in [-0.15, -0.1) is 10.2 Å². The molecule has 1 aliphatic rings. The maximum Gasteiger partial charge on any atom is 0.203 e. The van der Waals surface area contributed by atoms with E-state index in [2.05, 4.69) is 20.5 Å². The first kappa shape index (κ1) is 10.5. The Morgan fingerprint density at radius 2 is 2.18 bits per heavy atom. The molecule has 1 N–H and O–H groups in total. The molecule has 5 heteroatoms. The molecular weight excluding hydrogens is 214 g/mol. The van der Waals surface area contributed by atoms with Crippen LogP contribution in [0.25, 0.3) is 5.65 Å². The molecule has 17 heavy (non-hydrogen) atoms. The van der Waals surface area contributed by atoms with Crippen molar-refractivity contribution in [1.82, 2.24) is 19.6 Å². The maximum atomic E-state index is 4.33. The molecule has 1 aliphatic carbocycles. The summed E-state index contributed by atoms with van der Waals surface area (Å²) in [6.45, 7) is 1.000. The van der Waals surface area contributed by atoms with Crippen LogP contribution in [0.1, 0.15) is 32.1 Å². The fourth-order valence-corrected chi connectivity index (χ4v) is 2.52. The van der Waals surface area contributed by atoms with Crippen molar-refractivity contribution < 1.29 is 0 Å². The van der Waals surface area contributed by atoms with Gasteiger partial charge in [-0.1, -0.05) is 19.3 Å². The minimum absolute atomic E-state index is 0.786. The van der Waals surface area contributed by atoms with Crippen molar-refractivity contribution in [2.24, 2.45) is 5.92 Å². The van der Waals surface area contributed by atoms with E-state index in [0.29, 0.717) is 0 Å². The van der Waals surface area contributed by atoms with Gasteiger partial charge in [-0.05, 0) is 18.8 Å². The van der Waals surface area contributed by atoms with E-state index < -0.39 is 0 Å². The van der Waals surface area contributed by atoms with Gasteiger partial charge in [0.2, 0.25) is 5.65 Å². The summed E-state index contributed by atoms with van der Waals surface area (Å²) in [6, 6.07) is 0. The summed E-state index contributed by atoms with van der Waals surface area (Å²) in [4.78, 5) is 4.33. The number of aromatic nitrogens is 4. The molecule has 3 rings (SSSR count). The Bertz CT molecular complexity index is 486. The zero-order chi connectivity index (χ0) is 11.5. The summed E-state index contributed by atoms with van der Waals surface area (Å²) in [6.07, 6.45) is 12.1. The van der Waals surface area contributed by atoms with Gasteiger partial charge in [0.05, 0.1) is 0 Å². The third kappa shape index (κ3) is 2.23. The molecule has 5 nitrogen and oxygen atoms in total. The van der Waals surface area contributed by atoms with Gasteiger partial charge in [0.1, 0.15) is 6.33 Å². The zero-order valence-electron chi connectivity index (χ0n) is 9.84. The van der Waals surface area contributed by atoms with Crippen LogP contribution in [-0.2, 0) is 0 Å². The molecule has 2 aromatic rings. The molecule has 0 spiro atoms. The lowest BCUT2D eigenvalue weighted by Crippen LogP contribution is -2.18. The predicted molar refractivity (Wildman–Crippen MR) is 65.8 cm³/mol. The van der Waals surface area contributed by atoms with Crippen LogP contribution in [-0.4, -0.2) is 26.1 Å². The summed E-state index contributed by atoms with van der Waals surface area (Å²) in [5.74, 6) is 1.63. The molecule has 90 valence electrons. The molecule has 0 amide bonds. The minimum atomic E-state index is 0.786. The standard InChI is InChI=1S/C12H17N5/c1-2-4-10(5-3-1)8-14-11-12-16-15-9-17(12)7-6-13-11/h6-7,9-10H,1-5,8H2,(H,13,14). The van der Waals surface area contributed by atoms with Crippen LogP contribution < -0.4 is 5.32 Å². The van der Waals surface area contributed by atoms with Gasteiger partial charge in [-0.25, -0.2) is 4.98 Å². The lowest BCUT2D eigenvalue weighted by molar-refractivity contribution is 0.373. The van der Waals surface area contributed by atoms with Crippen LogP contribution in [0.5, 0.6) is 0 Å². The van der Waals surface area contributed by atoms with E-state index in [1.54, 1.807) is 12.5 Å². The first-order valence-electron chi connectivity index (χ1n) is 6.32. The van der Waals surface area contributed by atoms with Crippen molar-refractivity contribution in [1.29, 1.82) is 0 Å². The number of anilines is 1. The zero-order valence-corrected chi connectivity index (χ0v) is 9.84. The van der Waals surface area contributed by atoms with E-state index in [0.717, 1.165) is 23.9 Å². The van der Waals surface area contributed by atoms with Crippen LogP contribution >= 0.6 is 0 Å². The highest BCUT2D eigenvalue weighted by molar-refractivity contribution is 5.61. The van der Waals surface area contributed by atoms with Gasteiger partial charge in [-0.2, -0.15) is 0 Å². The lowest BCUT2D eigenvalue weighted by atomic mass is 9.89. The molecule has 0 radical (unpaired) electrons. The molecule has 1 saturated carbocycles. The van der Waals surface area contributed by atoms with Crippen LogP contribution in [0.4, 0.5) is 5.82 Å². The van der Waals surface area contributed by atoms with Crippen molar-refractivity contribution in [3.63, 3.8) is 0 Å². The SMILES string of the molecule is c1cn2cnnc2c(NCC2CCCCC2)n1. The second kappa shape index (κ2) is 4.69. The van der Waals surface area contributed by atoms with E-state index in [1.807, 2.05) is 10.6 Å². The van der Waals surface area contributed by atoms with Gasteiger partial charge in [0.25, 0.3) is 0 Å². The molecule has 0 aromatic carbocycles. The predicted octanol–water partition coefficient (Wildman–Crippen LogP) is 2.12. The molecular formula is C12H17N5. The lowest BCUT2D eigenvalue weighted by Gasteiger charge is -2.21. The Balaban J connectivity index is 1.69. The first-order chi connectivity index (χ1) is 8.43. The van der Waals surface area contributed by atoms with Gasteiger partial charge >= 0.3 is 0 Å². The third-order valence-electron chi connectivity index (χ3n) is 3.50. The van der Waals surface area contributed by atoms with Crippen LogP contribution in [0, 0.1) is 5.92 Å². The Morgan fingerprint density at radius 3 is 3.06 bits per heavy atom. The van der Waals surface area contributed by atoms with E-state index >= 15 is 0 Å². The number of fused-ring (bicyclic) bond motifs is 1. The third-order valence-corrected chi connectivity index (χ3v) is 3.50. The van der Waals surface area contributed by atoms with E-state index in [9.17, 15) is 0 Å². The Morgan fingerprint density at radius 1 is 1.29 bits per heavy atom. The molecule has 0 bridgehead atoms. The average molecular weight is 231 g/mol. The average Bonchev–Trinajstić information content (AvgIpc) is 2.86. The quantitative estimate of drug-likeness (QED) is 0.879.